The van der Waals surface area contributed by atoms with Crippen molar-refractivity contribution in [1.29, 1.82) is 0 Å². The molecular formula is C12H13N3. The fourth-order valence-electron chi connectivity index (χ4n) is 1.49. The molecule has 0 saturated heterocycles. The molecule has 0 aromatic carbocycles. The monoisotopic (exact) mass is 199 g/mol. The van der Waals surface area contributed by atoms with Crippen LogP contribution >= 0.6 is 0 Å². The molecule has 0 bridgehead atoms. The zero-order valence-corrected chi connectivity index (χ0v) is 8.67. The fourth-order valence-corrected chi connectivity index (χ4v) is 1.49. The second kappa shape index (κ2) is 4.00. The largest absolute Gasteiger partial charge is 0.292 e. The van der Waals surface area contributed by atoms with E-state index < -0.39 is 0 Å². The summed E-state index contributed by atoms with van der Waals surface area (Å²) in [5, 5.41) is 3.16. The van der Waals surface area contributed by atoms with Gasteiger partial charge in [0.2, 0.25) is 0 Å². The summed E-state index contributed by atoms with van der Waals surface area (Å²) in [6, 6.07) is 4.06. The van der Waals surface area contributed by atoms with Crippen molar-refractivity contribution in [3.05, 3.63) is 55.7 Å². The van der Waals surface area contributed by atoms with E-state index in [0.717, 1.165) is 5.52 Å². The van der Waals surface area contributed by atoms with Gasteiger partial charge in [0.25, 0.3) is 0 Å². The predicted octanol–water partition coefficient (Wildman–Crippen LogP) is 2.30. The summed E-state index contributed by atoms with van der Waals surface area (Å²) in [5.74, 6) is 0. The van der Waals surface area contributed by atoms with E-state index in [1.54, 1.807) is 12.3 Å². The van der Waals surface area contributed by atoms with Crippen molar-refractivity contribution in [2.45, 2.75) is 0 Å². The standard InChI is InChI=1S/C12H13N3/c1-3-4-8-14(2)15-9-6-11-5-7-13-10-12(11)15/h3-10H,1H2,2H3/b8-4-. The van der Waals surface area contributed by atoms with Gasteiger partial charge in [-0.1, -0.05) is 12.7 Å². The van der Waals surface area contributed by atoms with Gasteiger partial charge in [-0.2, -0.15) is 0 Å². The molecule has 0 aliphatic rings. The predicted molar refractivity (Wildman–Crippen MR) is 63.2 cm³/mol. The first-order valence-corrected chi connectivity index (χ1v) is 4.76. The molecule has 3 nitrogen and oxygen atoms in total. The van der Waals surface area contributed by atoms with Crippen LogP contribution in [0, 0.1) is 0 Å². The van der Waals surface area contributed by atoms with Gasteiger partial charge in [0, 0.05) is 31.0 Å². The maximum Gasteiger partial charge on any atom is 0.0881 e. The molecule has 3 heteroatoms. The van der Waals surface area contributed by atoms with E-state index in [1.807, 2.05) is 47.5 Å². The highest BCUT2D eigenvalue weighted by Crippen LogP contribution is 2.13. The molecule has 15 heavy (non-hydrogen) atoms. The molecule has 2 rings (SSSR count). The van der Waals surface area contributed by atoms with E-state index in [2.05, 4.69) is 17.6 Å². The highest BCUT2D eigenvalue weighted by Gasteiger charge is 2.01. The van der Waals surface area contributed by atoms with Crippen LogP contribution < -0.4 is 5.01 Å². The van der Waals surface area contributed by atoms with Crippen molar-refractivity contribution in [3.8, 4) is 0 Å². The topological polar surface area (TPSA) is 21.1 Å². The Balaban J connectivity index is 2.43. The summed E-state index contributed by atoms with van der Waals surface area (Å²) in [5.41, 5.74) is 1.09. The summed E-state index contributed by atoms with van der Waals surface area (Å²) < 4.78 is 2.03. The SMILES string of the molecule is C=C/C=C\N(C)n1ccc2ccncc21. The minimum absolute atomic E-state index is 1.09. The van der Waals surface area contributed by atoms with Crippen LogP contribution in [0.2, 0.25) is 0 Å². The minimum Gasteiger partial charge on any atom is -0.292 e. The Morgan fingerprint density at radius 3 is 3.13 bits per heavy atom. The first kappa shape index (κ1) is 9.52. The zero-order valence-electron chi connectivity index (χ0n) is 8.67. The molecule has 0 atom stereocenters. The molecule has 76 valence electrons. The number of allylic oxidation sites excluding steroid dienone is 2. The third-order valence-corrected chi connectivity index (χ3v) is 2.25. The van der Waals surface area contributed by atoms with Crippen LogP contribution in [0.3, 0.4) is 0 Å². The molecule has 2 heterocycles. The van der Waals surface area contributed by atoms with Gasteiger partial charge in [0.15, 0.2) is 0 Å². The molecule has 2 aromatic heterocycles. The molecule has 0 fully saturated rings. The van der Waals surface area contributed by atoms with Gasteiger partial charge in [-0.05, 0) is 18.2 Å². The van der Waals surface area contributed by atoms with Crippen LogP contribution in [0.4, 0.5) is 0 Å². The Hall–Kier alpha value is -2.03. The van der Waals surface area contributed by atoms with Gasteiger partial charge in [-0.15, -0.1) is 0 Å². The van der Waals surface area contributed by atoms with Crippen molar-refractivity contribution >= 4 is 10.9 Å². The lowest BCUT2D eigenvalue weighted by atomic mass is 10.3. The third kappa shape index (κ3) is 1.76. The lowest BCUT2D eigenvalue weighted by molar-refractivity contribution is 0.798. The van der Waals surface area contributed by atoms with Crippen LogP contribution in [-0.2, 0) is 0 Å². The third-order valence-electron chi connectivity index (χ3n) is 2.25. The Kier molecular flexibility index (Phi) is 2.54. The lowest BCUT2D eigenvalue weighted by Crippen LogP contribution is -2.22. The maximum absolute atomic E-state index is 4.12. The Morgan fingerprint density at radius 1 is 1.47 bits per heavy atom. The highest BCUT2D eigenvalue weighted by molar-refractivity contribution is 5.79. The average molecular weight is 199 g/mol. The van der Waals surface area contributed by atoms with E-state index in [0.29, 0.717) is 0 Å². The van der Waals surface area contributed by atoms with Gasteiger partial charge in [-0.3, -0.25) is 14.7 Å². The highest BCUT2D eigenvalue weighted by atomic mass is 15.5. The van der Waals surface area contributed by atoms with E-state index >= 15 is 0 Å². The van der Waals surface area contributed by atoms with Crippen LogP contribution in [-0.4, -0.2) is 16.7 Å². The molecule has 2 aromatic rings. The van der Waals surface area contributed by atoms with Gasteiger partial charge < -0.3 is 0 Å². The van der Waals surface area contributed by atoms with Crippen LogP contribution in [0.1, 0.15) is 0 Å². The smallest absolute Gasteiger partial charge is 0.0881 e. The number of nitrogens with zero attached hydrogens (tertiary/aromatic N) is 3. The van der Waals surface area contributed by atoms with E-state index in [-0.39, 0.29) is 0 Å². The first-order chi connectivity index (χ1) is 7.33. The molecule has 0 aliphatic heterocycles. The summed E-state index contributed by atoms with van der Waals surface area (Å²) in [7, 11) is 1.98. The van der Waals surface area contributed by atoms with Gasteiger partial charge in [-0.25, -0.2) is 0 Å². The van der Waals surface area contributed by atoms with Crippen LogP contribution in [0.25, 0.3) is 10.9 Å². The minimum atomic E-state index is 1.09. The van der Waals surface area contributed by atoms with Gasteiger partial charge in [0.1, 0.15) is 0 Å². The summed E-state index contributed by atoms with van der Waals surface area (Å²) in [6.07, 6.45) is 11.3. The van der Waals surface area contributed by atoms with Crippen molar-refractivity contribution in [2.24, 2.45) is 0 Å². The number of fused-ring (bicyclic) bond motifs is 1. The Morgan fingerprint density at radius 2 is 2.33 bits per heavy atom. The van der Waals surface area contributed by atoms with Gasteiger partial charge in [0.05, 0.1) is 11.7 Å². The average Bonchev–Trinajstić information content (AvgIpc) is 2.69. The van der Waals surface area contributed by atoms with Crippen LogP contribution in [0.5, 0.6) is 0 Å². The maximum atomic E-state index is 4.12. The number of pyridine rings is 1. The van der Waals surface area contributed by atoms with Crippen molar-refractivity contribution in [3.63, 3.8) is 0 Å². The second-order valence-corrected chi connectivity index (χ2v) is 3.25. The lowest BCUT2D eigenvalue weighted by Gasteiger charge is -2.16. The normalized spacial score (nSPS) is 11.0. The van der Waals surface area contributed by atoms with Crippen molar-refractivity contribution in [1.82, 2.24) is 9.66 Å². The van der Waals surface area contributed by atoms with Crippen molar-refractivity contribution in [2.75, 3.05) is 12.1 Å². The fraction of sp³-hybridized carbons (Fsp3) is 0.0833. The molecule has 0 amide bonds. The molecule has 0 radical (unpaired) electrons. The Labute approximate surface area is 88.9 Å². The summed E-state index contributed by atoms with van der Waals surface area (Å²) in [4.78, 5) is 4.12. The Bertz CT molecular complexity index is 496. The van der Waals surface area contributed by atoms with Gasteiger partial charge >= 0.3 is 0 Å². The quantitative estimate of drug-likeness (QED) is 0.707. The molecule has 0 saturated carbocycles. The molecule has 0 spiro atoms. The number of aromatic nitrogens is 2. The number of hydrogen-bond donors (Lipinski definition) is 0. The number of hydrogen-bond acceptors (Lipinski definition) is 2. The summed E-state index contributed by atoms with van der Waals surface area (Å²) in [6.45, 7) is 3.64. The van der Waals surface area contributed by atoms with E-state index in [1.165, 1.54) is 5.39 Å². The molecule has 0 N–H and O–H groups in total. The zero-order chi connectivity index (χ0) is 10.7. The molecule has 0 aliphatic carbocycles. The van der Waals surface area contributed by atoms with E-state index in [9.17, 15) is 0 Å². The van der Waals surface area contributed by atoms with Crippen LogP contribution in [0.15, 0.2) is 55.7 Å². The number of rotatable bonds is 3. The summed E-state index contributed by atoms with van der Waals surface area (Å²) >= 11 is 0. The molecule has 0 unspecified atom stereocenters. The van der Waals surface area contributed by atoms with Crippen molar-refractivity contribution < 1.29 is 0 Å². The first-order valence-electron chi connectivity index (χ1n) is 4.76. The second-order valence-electron chi connectivity index (χ2n) is 3.25. The van der Waals surface area contributed by atoms with E-state index in [4.69, 9.17) is 0 Å². The molecular weight excluding hydrogens is 186 g/mol.